The molecule has 0 saturated carbocycles. The first-order valence-corrected chi connectivity index (χ1v) is 7.48. The lowest BCUT2D eigenvalue weighted by Gasteiger charge is -2.10. The van der Waals surface area contributed by atoms with Crippen LogP contribution in [0.5, 0.6) is 5.75 Å². The Labute approximate surface area is 131 Å². The number of benzene rings is 1. The highest BCUT2D eigenvalue weighted by atomic mass is 16.5. The molecule has 0 aliphatic carbocycles. The number of nitrogens with one attached hydrogen (secondary N) is 2. The van der Waals surface area contributed by atoms with Gasteiger partial charge in [-0.15, -0.1) is 5.10 Å². The van der Waals surface area contributed by atoms with Crippen LogP contribution < -0.4 is 15.4 Å². The van der Waals surface area contributed by atoms with Crippen molar-refractivity contribution in [2.75, 3.05) is 24.3 Å². The van der Waals surface area contributed by atoms with E-state index in [0.717, 1.165) is 24.3 Å². The number of nitrogens with zero attached hydrogens (tertiary/aromatic N) is 3. The van der Waals surface area contributed by atoms with Gasteiger partial charge in [0, 0.05) is 18.7 Å². The first-order chi connectivity index (χ1) is 10.7. The van der Waals surface area contributed by atoms with Crippen LogP contribution in [0.1, 0.15) is 25.8 Å². The number of hydrogen-bond acceptors (Lipinski definition) is 6. The molecule has 0 radical (unpaired) electrons. The van der Waals surface area contributed by atoms with Crippen LogP contribution in [0.4, 0.5) is 11.8 Å². The van der Waals surface area contributed by atoms with E-state index in [9.17, 15) is 0 Å². The molecule has 0 aliphatic heterocycles. The molecule has 118 valence electrons. The van der Waals surface area contributed by atoms with Gasteiger partial charge in [-0.3, -0.25) is 0 Å². The van der Waals surface area contributed by atoms with E-state index in [1.807, 2.05) is 24.3 Å². The Morgan fingerprint density at radius 1 is 1.18 bits per heavy atom. The Bertz CT molecular complexity index is 588. The molecule has 1 heterocycles. The lowest BCUT2D eigenvalue weighted by molar-refractivity contribution is 0.410. The maximum Gasteiger partial charge on any atom is 0.244 e. The van der Waals surface area contributed by atoms with Crippen LogP contribution in [0.25, 0.3) is 0 Å². The van der Waals surface area contributed by atoms with Crippen LogP contribution in [0, 0.1) is 5.92 Å². The molecule has 2 N–H and O–H groups in total. The summed E-state index contributed by atoms with van der Waals surface area (Å²) in [6.07, 6.45) is 2.69. The van der Waals surface area contributed by atoms with Gasteiger partial charge in [0.15, 0.2) is 5.82 Å². The Kier molecular flexibility index (Phi) is 5.94. The zero-order valence-corrected chi connectivity index (χ0v) is 13.3. The predicted molar refractivity (Wildman–Crippen MR) is 88.1 cm³/mol. The molecule has 0 spiro atoms. The summed E-state index contributed by atoms with van der Waals surface area (Å²) in [6.45, 7) is 5.83. The van der Waals surface area contributed by atoms with Crippen molar-refractivity contribution in [3.63, 3.8) is 0 Å². The van der Waals surface area contributed by atoms with Gasteiger partial charge in [0.25, 0.3) is 0 Å². The number of hydrogen-bond donors (Lipinski definition) is 2. The van der Waals surface area contributed by atoms with Gasteiger partial charge in [0.1, 0.15) is 5.75 Å². The molecule has 0 unspecified atom stereocenters. The zero-order valence-electron chi connectivity index (χ0n) is 13.3. The number of para-hydroxylation sites is 1. The predicted octanol–water partition coefficient (Wildman–Crippen LogP) is 2.95. The highest BCUT2D eigenvalue weighted by molar-refractivity contribution is 5.40. The standard InChI is InChI=1S/C16H23N5O/c1-12(2)8-9-17-16-20-15(11-19-21-16)18-10-13-6-4-5-7-14(13)22-3/h4-7,11-12H,8-10H2,1-3H3,(H2,17,18,20,21). The molecule has 0 amide bonds. The van der Waals surface area contributed by atoms with Crippen LogP contribution in [-0.4, -0.2) is 28.8 Å². The van der Waals surface area contributed by atoms with E-state index in [0.29, 0.717) is 24.2 Å². The molecule has 1 aromatic carbocycles. The molecule has 0 atom stereocenters. The summed E-state index contributed by atoms with van der Waals surface area (Å²) in [4.78, 5) is 4.40. The highest BCUT2D eigenvalue weighted by Crippen LogP contribution is 2.18. The van der Waals surface area contributed by atoms with E-state index < -0.39 is 0 Å². The summed E-state index contributed by atoms with van der Waals surface area (Å²) in [5.41, 5.74) is 1.07. The molecular weight excluding hydrogens is 278 g/mol. The smallest absolute Gasteiger partial charge is 0.244 e. The minimum absolute atomic E-state index is 0.547. The number of anilines is 2. The SMILES string of the molecule is COc1ccccc1CNc1cnnc(NCCC(C)C)n1. The van der Waals surface area contributed by atoms with Crippen molar-refractivity contribution >= 4 is 11.8 Å². The van der Waals surface area contributed by atoms with Crippen LogP contribution >= 0.6 is 0 Å². The molecule has 0 saturated heterocycles. The lowest BCUT2D eigenvalue weighted by atomic mass is 10.1. The molecule has 2 aromatic rings. The molecule has 0 aliphatic rings. The van der Waals surface area contributed by atoms with Crippen LogP contribution in [0.2, 0.25) is 0 Å². The van der Waals surface area contributed by atoms with Gasteiger partial charge < -0.3 is 15.4 Å². The summed E-state index contributed by atoms with van der Waals surface area (Å²) in [5, 5.41) is 14.4. The molecule has 0 fully saturated rings. The maximum atomic E-state index is 5.33. The van der Waals surface area contributed by atoms with E-state index in [-0.39, 0.29) is 0 Å². The summed E-state index contributed by atoms with van der Waals surface area (Å²) >= 11 is 0. The van der Waals surface area contributed by atoms with Gasteiger partial charge in [-0.1, -0.05) is 32.0 Å². The second-order valence-corrected chi connectivity index (χ2v) is 5.44. The Balaban J connectivity index is 1.92. The maximum absolute atomic E-state index is 5.33. The average molecular weight is 301 g/mol. The minimum Gasteiger partial charge on any atom is -0.496 e. The Morgan fingerprint density at radius 3 is 2.77 bits per heavy atom. The third-order valence-electron chi connectivity index (χ3n) is 3.22. The fraction of sp³-hybridized carbons (Fsp3) is 0.438. The van der Waals surface area contributed by atoms with Gasteiger partial charge in [0.05, 0.1) is 13.3 Å². The van der Waals surface area contributed by atoms with Crippen molar-refractivity contribution in [1.82, 2.24) is 15.2 Å². The van der Waals surface area contributed by atoms with Crippen molar-refractivity contribution in [1.29, 1.82) is 0 Å². The van der Waals surface area contributed by atoms with Crippen molar-refractivity contribution < 1.29 is 4.74 Å². The number of methoxy groups -OCH3 is 1. The second-order valence-electron chi connectivity index (χ2n) is 5.44. The molecule has 2 rings (SSSR count). The molecule has 1 aromatic heterocycles. The minimum atomic E-state index is 0.547. The van der Waals surface area contributed by atoms with Crippen molar-refractivity contribution in [2.24, 2.45) is 5.92 Å². The third-order valence-corrected chi connectivity index (χ3v) is 3.22. The largest absolute Gasteiger partial charge is 0.496 e. The Hall–Kier alpha value is -2.37. The normalized spacial score (nSPS) is 10.5. The van der Waals surface area contributed by atoms with Crippen molar-refractivity contribution in [2.45, 2.75) is 26.8 Å². The Morgan fingerprint density at radius 2 is 2.00 bits per heavy atom. The quantitative estimate of drug-likeness (QED) is 0.781. The second kappa shape index (κ2) is 8.17. The topological polar surface area (TPSA) is 72.0 Å². The third kappa shape index (κ3) is 4.87. The number of ether oxygens (including phenoxy) is 1. The number of rotatable bonds is 8. The molecule has 6 heteroatoms. The summed E-state index contributed by atoms with van der Waals surface area (Å²) in [7, 11) is 1.67. The fourth-order valence-corrected chi connectivity index (χ4v) is 1.97. The summed E-state index contributed by atoms with van der Waals surface area (Å²) < 4.78 is 5.33. The highest BCUT2D eigenvalue weighted by Gasteiger charge is 2.04. The van der Waals surface area contributed by atoms with Gasteiger partial charge in [0.2, 0.25) is 5.95 Å². The lowest BCUT2D eigenvalue weighted by Crippen LogP contribution is -2.10. The van der Waals surface area contributed by atoms with Crippen LogP contribution in [0.15, 0.2) is 30.5 Å². The molecule has 6 nitrogen and oxygen atoms in total. The van der Waals surface area contributed by atoms with E-state index >= 15 is 0 Å². The van der Waals surface area contributed by atoms with Gasteiger partial charge in [-0.25, -0.2) is 0 Å². The molecular formula is C16H23N5O. The molecule has 22 heavy (non-hydrogen) atoms. The average Bonchev–Trinajstić information content (AvgIpc) is 2.53. The van der Waals surface area contributed by atoms with Crippen molar-refractivity contribution in [3.05, 3.63) is 36.0 Å². The van der Waals surface area contributed by atoms with Crippen LogP contribution in [-0.2, 0) is 6.54 Å². The van der Waals surface area contributed by atoms with Gasteiger partial charge >= 0.3 is 0 Å². The van der Waals surface area contributed by atoms with Crippen LogP contribution in [0.3, 0.4) is 0 Å². The van der Waals surface area contributed by atoms with Crippen molar-refractivity contribution in [3.8, 4) is 5.75 Å². The van der Waals surface area contributed by atoms with E-state index in [4.69, 9.17) is 4.74 Å². The number of aromatic nitrogens is 3. The van der Waals surface area contributed by atoms with E-state index in [2.05, 4.69) is 39.7 Å². The summed E-state index contributed by atoms with van der Waals surface area (Å²) in [5.74, 6) is 2.73. The monoisotopic (exact) mass is 301 g/mol. The summed E-state index contributed by atoms with van der Waals surface area (Å²) in [6, 6.07) is 7.89. The van der Waals surface area contributed by atoms with Gasteiger partial charge in [-0.05, 0) is 18.4 Å². The van der Waals surface area contributed by atoms with E-state index in [1.165, 1.54) is 0 Å². The van der Waals surface area contributed by atoms with E-state index in [1.54, 1.807) is 13.3 Å². The first kappa shape index (κ1) is 16.0. The van der Waals surface area contributed by atoms with Gasteiger partial charge in [-0.2, -0.15) is 10.1 Å². The zero-order chi connectivity index (χ0) is 15.8. The molecule has 0 bridgehead atoms. The fourth-order valence-electron chi connectivity index (χ4n) is 1.97. The first-order valence-electron chi connectivity index (χ1n) is 7.48.